The zero-order chi connectivity index (χ0) is 43.4. The average Bonchev–Trinajstić information content (AvgIpc) is 3.62. The first-order valence-electron chi connectivity index (χ1n) is 20.8. The van der Waals surface area contributed by atoms with E-state index >= 15 is 0 Å². The van der Waals surface area contributed by atoms with Crippen LogP contribution in [0.15, 0.2) is 30.3 Å². The molecule has 3 N–H and O–H groups in total. The molecule has 5 amide bonds. The van der Waals surface area contributed by atoms with Gasteiger partial charge >= 0.3 is 0 Å². The highest BCUT2D eigenvalue weighted by atomic mass is 16.5. The number of nitrogens with zero attached hydrogens (tertiary/aromatic N) is 3. The molecule has 57 heavy (non-hydrogen) atoms. The van der Waals surface area contributed by atoms with Crippen molar-refractivity contribution in [1.29, 1.82) is 0 Å². The number of benzene rings is 1. The first-order valence-corrected chi connectivity index (χ1v) is 20.8. The highest BCUT2D eigenvalue weighted by Crippen LogP contribution is 2.30. The number of carbonyl (C=O) groups is 5. The maximum absolute atomic E-state index is 14.3. The molecule has 324 valence electrons. The van der Waals surface area contributed by atoms with Crippen LogP contribution >= 0.6 is 0 Å². The molecule has 0 radical (unpaired) electrons. The Bertz CT molecular complexity index is 1440. The van der Waals surface area contributed by atoms with Gasteiger partial charge in [0.15, 0.2) is 0 Å². The molecule has 1 aliphatic rings. The van der Waals surface area contributed by atoms with E-state index in [-0.39, 0.29) is 59.8 Å². The minimum absolute atomic E-state index is 0.0114. The molecule has 1 fully saturated rings. The predicted octanol–water partition coefficient (Wildman–Crippen LogP) is 4.28. The molecule has 0 aliphatic carbocycles. The van der Waals surface area contributed by atoms with Crippen molar-refractivity contribution in [1.82, 2.24) is 30.7 Å². The summed E-state index contributed by atoms with van der Waals surface area (Å²) in [6.45, 7) is 19.8. The second-order valence-electron chi connectivity index (χ2n) is 18.0. The molecule has 0 spiro atoms. The SMILES string of the molecule is CC[C@H](C)[C@@H]([C@@H](CC(=O)N1CCC[C@H]1[C@H](OC)[C@@H](C)C(=O)NC(Cc1ccccc1)C(=O)NC(C)(C)C)OC)N(C)C(=O)[C@@H](NC(=O)[C@H](C(C)C)N(C)C)C(C)C. The molecule has 9 atom stereocenters. The molecule has 13 heteroatoms. The standard InChI is InChI=1S/C44H76N6O7/c1-16-29(6)38(49(13)43(55)36(27(2)3)46-42(54)37(28(4)5)48(11)12)34(56-14)26-35(51)50-24-20-23-33(50)39(57-15)30(7)40(52)45-32(41(53)47-44(8,9)10)25-31-21-18-17-19-22-31/h17-19,21-22,27-30,32-34,36-39H,16,20,23-26H2,1-15H3,(H,45,52)(H,46,54)(H,47,53)/t29-,30+,32?,33-,34+,36-,37-,38-,39+/m0/s1. The third kappa shape index (κ3) is 14.1. The summed E-state index contributed by atoms with van der Waals surface area (Å²) in [6, 6.07) is 6.72. The topological polar surface area (TPSA) is 150 Å². The monoisotopic (exact) mass is 801 g/mol. The van der Waals surface area contributed by atoms with Crippen LogP contribution in [-0.4, -0.2) is 134 Å². The van der Waals surface area contributed by atoms with E-state index in [4.69, 9.17) is 9.47 Å². The van der Waals surface area contributed by atoms with Crippen LogP contribution in [0.3, 0.4) is 0 Å². The lowest BCUT2D eigenvalue weighted by molar-refractivity contribution is -0.148. The summed E-state index contributed by atoms with van der Waals surface area (Å²) in [4.78, 5) is 74.7. The molecule has 13 nitrogen and oxygen atoms in total. The summed E-state index contributed by atoms with van der Waals surface area (Å²) in [6.07, 6.45) is 1.16. The Labute approximate surface area is 343 Å². The van der Waals surface area contributed by atoms with Crippen molar-refractivity contribution in [2.75, 3.05) is 41.9 Å². The van der Waals surface area contributed by atoms with Crippen LogP contribution in [0.2, 0.25) is 0 Å². The fourth-order valence-electron chi connectivity index (χ4n) is 8.23. The van der Waals surface area contributed by atoms with Gasteiger partial charge in [0.2, 0.25) is 29.5 Å². The second-order valence-corrected chi connectivity index (χ2v) is 18.0. The summed E-state index contributed by atoms with van der Waals surface area (Å²) in [5, 5.41) is 9.04. The van der Waals surface area contributed by atoms with Gasteiger partial charge in [0.05, 0.1) is 42.7 Å². The Morgan fingerprint density at radius 3 is 1.96 bits per heavy atom. The minimum atomic E-state index is -0.812. The van der Waals surface area contributed by atoms with E-state index in [1.165, 1.54) is 0 Å². The molecule has 0 bridgehead atoms. The molecule has 1 saturated heterocycles. The molecular weight excluding hydrogens is 725 g/mol. The van der Waals surface area contributed by atoms with E-state index in [9.17, 15) is 24.0 Å². The lowest BCUT2D eigenvalue weighted by Gasteiger charge is -2.41. The molecule has 1 aliphatic heterocycles. The Kier molecular flexibility index (Phi) is 19.6. The van der Waals surface area contributed by atoms with Crippen molar-refractivity contribution in [3.05, 3.63) is 35.9 Å². The maximum Gasteiger partial charge on any atom is 0.245 e. The van der Waals surface area contributed by atoms with Gasteiger partial charge in [0.25, 0.3) is 0 Å². The van der Waals surface area contributed by atoms with E-state index < -0.39 is 47.8 Å². The largest absolute Gasteiger partial charge is 0.379 e. The number of carbonyl (C=O) groups excluding carboxylic acids is 5. The molecule has 2 rings (SSSR count). The van der Waals surface area contributed by atoms with E-state index in [2.05, 4.69) is 16.0 Å². The van der Waals surface area contributed by atoms with Crippen molar-refractivity contribution in [2.45, 2.75) is 149 Å². The van der Waals surface area contributed by atoms with Crippen molar-refractivity contribution >= 4 is 29.5 Å². The molecule has 1 aromatic rings. The number of likely N-dealkylation sites (N-methyl/N-ethyl adjacent to an activating group) is 2. The van der Waals surface area contributed by atoms with Gasteiger partial charge in [-0.05, 0) is 71.0 Å². The number of nitrogens with one attached hydrogen (secondary N) is 3. The lowest BCUT2D eigenvalue weighted by atomic mass is 9.89. The van der Waals surface area contributed by atoms with Crippen LogP contribution in [-0.2, 0) is 39.9 Å². The van der Waals surface area contributed by atoms with Crippen molar-refractivity contribution < 1.29 is 33.4 Å². The summed E-state index contributed by atoms with van der Waals surface area (Å²) in [7, 11) is 8.55. The Hall–Kier alpha value is -3.55. The van der Waals surface area contributed by atoms with Crippen molar-refractivity contribution in [3.8, 4) is 0 Å². The number of rotatable bonds is 21. The van der Waals surface area contributed by atoms with Crippen LogP contribution in [0.5, 0.6) is 0 Å². The van der Waals surface area contributed by atoms with Gasteiger partial charge < -0.3 is 35.2 Å². The number of methoxy groups -OCH3 is 2. The Morgan fingerprint density at radius 1 is 0.860 bits per heavy atom. The van der Waals surface area contributed by atoms with Crippen LogP contribution in [0, 0.1) is 23.7 Å². The average molecular weight is 801 g/mol. The van der Waals surface area contributed by atoms with Crippen molar-refractivity contribution in [3.63, 3.8) is 0 Å². The summed E-state index contributed by atoms with van der Waals surface area (Å²) in [5.74, 6) is -2.07. The van der Waals surface area contributed by atoms with Crippen LogP contribution in [0.4, 0.5) is 0 Å². The number of hydrogen-bond acceptors (Lipinski definition) is 8. The van der Waals surface area contributed by atoms with Gasteiger partial charge in [-0.3, -0.25) is 28.9 Å². The van der Waals surface area contributed by atoms with Gasteiger partial charge in [-0.2, -0.15) is 0 Å². The van der Waals surface area contributed by atoms with Crippen LogP contribution in [0.25, 0.3) is 0 Å². The summed E-state index contributed by atoms with van der Waals surface area (Å²) in [5.41, 5.74) is 0.424. The first kappa shape index (κ1) is 49.6. The van der Waals surface area contributed by atoms with E-state index in [0.717, 1.165) is 18.4 Å². The third-order valence-corrected chi connectivity index (χ3v) is 11.4. The second kappa shape index (κ2) is 22.6. The molecule has 1 unspecified atom stereocenters. The smallest absolute Gasteiger partial charge is 0.245 e. The quantitative estimate of drug-likeness (QED) is 0.167. The number of amides is 5. The van der Waals surface area contributed by atoms with E-state index in [0.29, 0.717) is 19.4 Å². The van der Waals surface area contributed by atoms with Gasteiger partial charge in [-0.15, -0.1) is 0 Å². The lowest BCUT2D eigenvalue weighted by Crippen LogP contribution is -2.59. The Balaban J connectivity index is 2.32. The van der Waals surface area contributed by atoms with Gasteiger partial charge in [-0.25, -0.2) is 0 Å². The predicted molar refractivity (Wildman–Crippen MR) is 225 cm³/mol. The molecule has 1 heterocycles. The molecule has 0 aromatic heterocycles. The number of hydrogen-bond donors (Lipinski definition) is 3. The van der Waals surface area contributed by atoms with Gasteiger partial charge in [-0.1, -0.05) is 85.2 Å². The number of ether oxygens (including phenoxy) is 2. The van der Waals surface area contributed by atoms with Gasteiger partial charge in [0, 0.05) is 39.8 Å². The van der Waals surface area contributed by atoms with E-state index in [1.54, 1.807) is 38.0 Å². The fourth-order valence-corrected chi connectivity index (χ4v) is 8.23. The molecule has 1 aromatic carbocycles. The highest BCUT2D eigenvalue weighted by molar-refractivity contribution is 5.91. The number of likely N-dealkylation sites (tertiary alicyclic amines) is 1. The van der Waals surface area contributed by atoms with Crippen molar-refractivity contribution in [2.24, 2.45) is 23.7 Å². The van der Waals surface area contributed by atoms with Gasteiger partial charge in [0.1, 0.15) is 12.1 Å². The maximum atomic E-state index is 14.3. The fraction of sp³-hybridized carbons (Fsp3) is 0.750. The van der Waals surface area contributed by atoms with Crippen LogP contribution in [0.1, 0.15) is 100 Å². The third-order valence-electron chi connectivity index (χ3n) is 11.4. The van der Waals surface area contributed by atoms with E-state index in [1.807, 2.05) is 112 Å². The summed E-state index contributed by atoms with van der Waals surface area (Å²) >= 11 is 0. The zero-order valence-corrected chi connectivity index (χ0v) is 37.7. The minimum Gasteiger partial charge on any atom is -0.379 e. The molecule has 0 saturated carbocycles. The zero-order valence-electron chi connectivity index (χ0n) is 37.7. The summed E-state index contributed by atoms with van der Waals surface area (Å²) < 4.78 is 12.0. The normalized spacial score (nSPS) is 19.0. The molecular formula is C44H76N6O7. The first-order chi connectivity index (χ1) is 26.6. The van der Waals surface area contributed by atoms with Crippen LogP contribution < -0.4 is 16.0 Å². The Morgan fingerprint density at radius 2 is 1.47 bits per heavy atom. The highest BCUT2D eigenvalue weighted by Gasteiger charge is 2.43.